The third-order valence-corrected chi connectivity index (χ3v) is 3.51. The molecule has 0 saturated carbocycles. The Hall–Kier alpha value is -1.79. The van der Waals surface area contributed by atoms with Crippen molar-refractivity contribution in [1.29, 1.82) is 0 Å². The minimum absolute atomic E-state index is 0. The summed E-state index contributed by atoms with van der Waals surface area (Å²) < 4.78 is 14.3. The zero-order chi connectivity index (χ0) is 14.8. The fraction of sp³-hybridized carbons (Fsp3) is 0. The Morgan fingerprint density at radius 1 is 1.14 bits per heavy atom. The van der Waals surface area contributed by atoms with Crippen LogP contribution in [0.4, 0.5) is 10.1 Å². The van der Waals surface area contributed by atoms with Crippen LogP contribution in [0.1, 0.15) is 10.4 Å². The average molecular weight is 426 g/mol. The highest BCUT2D eigenvalue weighted by Crippen LogP contribution is 2.19. The fourth-order valence-corrected chi connectivity index (χ4v) is 2.37. The lowest BCUT2D eigenvalue weighted by molar-refractivity contribution is 0.102. The zero-order valence-electron chi connectivity index (χ0n) is 11.2. The van der Waals surface area contributed by atoms with Crippen LogP contribution in [0.2, 0.25) is 0 Å². The number of pyridine rings is 1. The van der Waals surface area contributed by atoms with Crippen LogP contribution >= 0.6 is 32.9 Å². The van der Waals surface area contributed by atoms with Crippen LogP contribution in [-0.2, 0) is 0 Å². The van der Waals surface area contributed by atoms with Gasteiger partial charge in [0.25, 0.3) is 5.91 Å². The molecular formula is C16H11Br2FN2O. The molecular weight excluding hydrogens is 415 g/mol. The number of carbonyl (C=O) groups is 1. The highest BCUT2D eigenvalue weighted by molar-refractivity contribution is 9.10. The molecule has 0 atom stereocenters. The van der Waals surface area contributed by atoms with E-state index in [1.165, 1.54) is 12.1 Å². The van der Waals surface area contributed by atoms with Crippen LogP contribution in [0.3, 0.4) is 0 Å². The minimum atomic E-state index is -0.565. The van der Waals surface area contributed by atoms with E-state index < -0.39 is 11.7 Å². The number of halogens is 3. The normalized spacial score (nSPS) is 10.1. The van der Waals surface area contributed by atoms with Crippen molar-refractivity contribution in [3.05, 3.63) is 70.6 Å². The van der Waals surface area contributed by atoms with Crippen molar-refractivity contribution in [2.24, 2.45) is 0 Å². The molecule has 0 aliphatic carbocycles. The van der Waals surface area contributed by atoms with E-state index >= 15 is 0 Å². The van der Waals surface area contributed by atoms with Crippen LogP contribution < -0.4 is 5.32 Å². The molecule has 0 fully saturated rings. The molecule has 1 heterocycles. The van der Waals surface area contributed by atoms with Crippen LogP contribution in [0, 0.1) is 5.82 Å². The van der Waals surface area contributed by atoms with Gasteiger partial charge in [-0.1, -0.05) is 34.1 Å². The van der Waals surface area contributed by atoms with Crippen LogP contribution in [0.5, 0.6) is 0 Å². The molecule has 0 saturated heterocycles. The summed E-state index contributed by atoms with van der Waals surface area (Å²) in [6, 6.07) is 13.6. The summed E-state index contributed by atoms with van der Waals surface area (Å²) in [7, 11) is 0. The molecule has 0 radical (unpaired) electrons. The molecule has 1 N–H and O–H groups in total. The van der Waals surface area contributed by atoms with Crippen molar-refractivity contribution >= 4 is 55.4 Å². The van der Waals surface area contributed by atoms with Crippen molar-refractivity contribution in [2.75, 3.05) is 5.32 Å². The van der Waals surface area contributed by atoms with E-state index in [-0.39, 0.29) is 22.5 Å². The summed E-state index contributed by atoms with van der Waals surface area (Å²) in [4.78, 5) is 16.4. The maximum Gasteiger partial charge on any atom is 0.258 e. The van der Waals surface area contributed by atoms with Crippen LogP contribution in [0.25, 0.3) is 10.9 Å². The lowest BCUT2D eigenvalue weighted by Crippen LogP contribution is -2.14. The van der Waals surface area contributed by atoms with Crippen molar-refractivity contribution in [2.45, 2.75) is 0 Å². The number of nitrogens with zero attached hydrogens (tertiary/aromatic N) is 1. The standard InChI is InChI=1S/C16H10BrFN2O.BrH/c17-11-5-6-14(18)13(8-11)16(21)20-12-7-10-3-1-2-4-15(10)19-9-12;/h1-9H,(H,20,21);1H. The Bertz CT molecular complexity index is 839. The Morgan fingerprint density at radius 2 is 1.91 bits per heavy atom. The maximum absolute atomic E-state index is 13.7. The molecule has 3 aromatic rings. The molecule has 0 spiro atoms. The molecule has 0 bridgehead atoms. The molecule has 22 heavy (non-hydrogen) atoms. The van der Waals surface area contributed by atoms with E-state index in [4.69, 9.17) is 0 Å². The molecule has 6 heteroatoms. The van der Waals surface area contributed by atoms with Gasteiger partial charge in [-0.2, -0.15) is 0 Å². The number of carbonyl (C=O) groups excluding carboxylic acids is 1. The molecule has 1 aromatic heterocycles. The Balaban J connectivity index is 0.00000176. The predicted molar refractivity (Wildman–Crippen MR) is 94.1 cm³/mol. The van der Waals surface area contributed by atoms with Gasteiger partial charge in [0.1, 0.15) is 5.82 Å². The van der Waals surface area contributed by atoms with E-state index in [9.17, 15) is 9.18 Å². The number of nitrogens with one attached hydrogen (secondary N) is 1. The third-order valence-electron chi connectivity index (χ3n) is 3.02. The van der Waals surface area contributed by atoms with Crippen molar-refractivity contribution in [3.63, 3.8) is 0 Å². The second-order valence-electron chi connectivity index (χ2n) is 4.49. The summed E-state index contributed by atoms with van der Waals surface area (Å²) in [6.45, 7) is 0. The monoisotopic (exact) mass is 424 g/mol. The largest absolute Gasteiger partial charge is 0.320 e. The smallest absolute Gasteiger partial charge is 0.258 e. The van der Waals surface area contributed by atoms with Gasteiger partial charge in [0.2, 0.25) is 0 Å². The average Bonchev–Trinajstić information content (AvgIpc) is 2.49. The topological polar surface area (TPSA) is 42.0 Å². The number of amides is 1. The number of rotatable bonds is 2. The number of benzene rings is 2. The zero-order valence-corrected chi connectivity index (χ0v) is 14.5. The predicted octanol–water partition coefficient (Wildman–Crippen LogP) is 4.97. The van der Waals surface area contributed by atoms with E-state index in [1.54, 1.807) is 18.3 Å². The van der Waals surface area contributed by atoms with Gasteiger partial charge in [-0.3, -0.25) is 9.78 Å². The second-order valence-corrected chi connectivity index (χ2v) is 5.41. The molecule has 0 aliphatic heterocycles. The van der Waals surface area contributed by atoms with Crippen LogP contribution in [-0.4, -0.2) is 10.9 Å². The molecule has 0 unspecified atom stereocenters. The first kappa shape index (κ1) is 16.6. The summed E-state index contributed by atoms with van der Waals surface area (Å²) in [6.07, 6.45) is 1.55. The van der Waals surface area contributed by atoms with Crippen LogP contribution in [0.15, 0.2) is 59.2 Å². The number of fused-ring (bicyclic) bond motifs is 1. The summed E-state index contributed by atoms with van der Waals surface area (Å²) >= 11 is 3.22. The Labute approximate surface area is 145 Å². The van der Waals surface area contributed by atoms with E-state index in [0.29, 0.717) is 10.2 Å². The van der Waals surface area contributed by atoms with Gasteiger partial charge in [0, 0.05) is 9.86 Å². The fourth-order valence-electron chi connectivity index (χ4n) is 2.01. The highest BCUT2D eigenvalue weighted by Gasteiger charge is 2.12. The first-order chi connectivity index (χ1) is 10.1. The van der Waals surface area contributed by atoms with Crippen molar-refractivity contribution < 1.29 is 9.18 Å². The number of aromatic nitrogens is 1. The third kappa shape index (κ3) is 3.51. The van der Waals surface area contributed by atoms with E-state index in [0.717, 1.165) is 10.9 Å². The van der Waals surface area contributed by atoms with Gasteiger partial charge in [0.15, 0.2) is 0 Å². The summed E-state index contributed by atoms with van der Waals surface area (Å²) in [5.41, 5.74) is 1.35. The Morgan fingerprint density at radius 3 is 2.73 bits per heavy atom. The highest BCUT2D eigenvalue weighted by atomic mass is 79.9. The second kappa shape index (κ2) is 6.98. The van der Waals surface area contributed by atoms with Gasteiger partial charge < -0.3 is 5.32 Å². The van der Waals surface area contributed by atoms with E-state index in [1.807, 2.05) is 24.3 Å². The van der Waals surface area contributed by atoms with Gasteiger partial charge in [-0.05, 0) is 30.3 Å². The molecule has 3 rings (SSSR count). The number of anilines is 1. The Kier molecular flexibility index (Phi) is 5.26. The molecule has 0 aliphatic rings. The lowest BCUT2D eigenvalue weighted by atomic mass is 10.2. The number of para-hydroxylation sites is 1. The van der Waals surface area contributed by atoms with Crippen molar-refractivity contribution in [3.8, 4) is 0 Å². The quantitative estimate of drug-likeness (QED) is 0.629. The van der Waals surface area contributed by atoms with Gasteiger partial charge in [-0.15, -0.1) is 17.0 Å². The molecule has 112 valence electrons. The van der Waals surface area contributed by atoms with Gasteiger partial charge in [-0.25, -0.2) is 4.39 Å². The van der Waals surface area contributed by atoms with Crippen molar-refractivity contribution in [1.82, 2.24) is 4.98 Å². The van der Waals surface area contributed by atoms with E-state index in [2.05, 4.69) is 26.2 Å². The number of hydrogen-bond donors (Lipinski definition) is 1. The van der Waals surface area contributed by atoms with Gasteiger partial charge in [0.05, 0.1) is 23.0 Å². The molecule has 3 nitrogen and oxygen atoms in total. The maximum atomic E-state index is 13.7. The molecule has 2 aromatic carbocycles. The number of hydrogen-bond acceptors (Lipinski definition) is 2. The first-order valence-electron chi connectivity index (χ1n) is 6.25. The summed E-state index contributed by atoms with van der Waals surface area (Å²) in [5.74, 6) is -1.07. The van der Waals surface area contributed by atoms with Gasteiger partial charge >= 0.3 is 0 Å². The first-order valence-corrected chi connectivity index (χ1v) is 7.04. The SMILES string of the molecule is Br.O=C(Nc1cnc2ccccc2c1)c1cc(Br)ccc1F. The minimum Gasteiger partial charge on any atom is -0.320 e. The molecule has 1 amide bonds. The summed E-state index contributed by atoms with van der Waals surface area (Å²) in [5, 5.41) is 3.56. The lowest BCUT2D eigenvalue weighted by Gasteiger charge is -2.07.